The zero-order valence-electron chi connectivity index (χ0n) is 14.4. The van der Waals surface area contributed by atoms with Crippen LogP contribution in [0.1, 0.15) is 19.7 Å². The molecule has 2 heterocycles. The van der Waals surface area contributed by atoms with Crippen molar-refractivity contribution < 1.29 is 9.90 Å². The number of nitrogens with zero attached hydrogens (tertiary/aromatic N) is 4. The molecule has 0 radical (unpaired) electrons. The largest absolute Gasteiger partial charge is 0.509 e. The van der Waals surface area contributed by atoms with Gasteiger partial charge in [0.1, 0.15) is 17.4 Å². The second-order valence-corrected chi connectivity index (χ2v) is 6.19. The van der Waals surface area contributed by atoms with E-state index in [1.54, 1.807) is 11.8 Å². The number of aromatic amines is 1. The number of rotatable bonds is 3. The first-order valence-corrected chi connectivity index (χ1v) is 8.29. The van der Waals surface area contributed by atoms with Crippen LogP contribution in [0.4, 0.5) is 0 Å². The van der Waals surface area contributed by atoms with Crippen LogP contribution in [-0.2, 0) is 4.79 Å². The highest BCUT2D eigenvalue weighted by molar-refractivity contribution is 5.83. The lowest BCUT2D eigenvalue weighted by Gasteiger charge is -2.37. The van der Waals surface area contributed by atoms with E-state index >= 15 is 0 Å². The molecule has 2 aromatic rings. The van der Waals surface area contributed by atoms with Gasteiger partial charge in [-0.2, -0.15) is 5.26 Å². The number of amides is 1. The molecule has 1 fully saturated rings. The molecule has 1 amide bonds. The fourth-order valence-electron chi connectivity index (χ4n) is 3.11. The molecule has 1 aromatic carbocycles. The van der Waals surface area contributed by atoms with Crippen LogP contribution >= 0.6 is 0 Å². The van der Waals surface area contributed by atoms with E-state index in [0.29, 0.717) is 32.0 Å². The zero-order valence-corrected chi connectivity index (χ0v) is 14.4. The van der Waals surface area contributed by atoms with Crippen LogP contribution in [0.5, 0.6) is 0 Å². The van der Waals surface area contributed by atoms with Gasteiger partial charge in [-0.15, -0.1) is 0 Å². The van der Waals surface area contributed by atoms with Crippen molar-refractivity contribution in [3.05, 3.63) is 35.8 Å². The summed E-state index contributed by atoms with van der Waals surface area (Å²) in [5.74, 6) is 0.431. The van der Waals surface area contributed by atoms with E-state index in [1.807, 2.05) is 31.2 Å². The van der Waals surface area contributed by atoms with Crippen molar-refractivity contribution in [2.45, 2.75) is 19.9 Å². The summed E-state index contributed by atoms with van der Waals surface area (Å²) in [6.45, 7) is 5.98. The molecule has 0 aliphatic carbocycles. The third-order valence-corrected chi connectivity index (χ3v) is 4.70. The van der Waals surface area contributed by atoms with E-state index in [-0.39, 0.29) is 23.3 Å². The Kier molecular flexibility index (Phi) is 4.72. The van der Waals surface area contributed by atoms with Gasteiger partial charge in [-0.1, -0.05) is 12.1 Å². The number of nitriles is 1. The number of hydrogen-bond donors (Lipinski definition) is 2. The summed E-state index contributed by atoms with van der Waals surface area (Å²) in [6.07, 6.45) is 0. The molecule has 7 nitrogen and oxygen atoms in total. The maximum Gasteiger partial charge on any atom is 0.219 e. The van der Waals surface area contributed by atoms with E-state index in [4.69, 9.17) is 0 Å². The van der Waals surface area contributed by atoms with E-state index in [1.165, 1.54) is 0 Å². The highest BCUT2D eigenvalue weighted by atomic mass is 16.3. The van der Waals surface area contributed by atoms with Gasteiger partial charge in [0.05, 0.1) is 17.1 Å². The molecule has 0 spiro atoms. The van der Waals surface area contributed by atoms with E-state index in [9.17, 15) is 15.2 Å². The lowest BCUT2D eigenvalue weighted by Crippen LogP contribution is -2.51. The first-order chi connectivity index (χ1) is 12.0. The predicted octanol–water partition coefficient (Wildman–Crippen LogP) is 1.91. The number of para-hydroxylation sites is 2. The molecule has 0 bridgehead atoms. The second kappa shape index (κ2) is 6.95. The summed E-state index contributed by atoms with van der Waals surface area (Å²) in [5, 5.41) is 20.2. The Bertz CT molecular complexity index is 823. The average Bonchev–Trinajstić information content (AvgIpc) is 3.05. The third kappa shape index (κ3) is 3.35. The number of hydrogen-bond acceptors (Lipinski definition) is 5. The quantitative estimate of drug-likeness (QED) is 0.658. The van der Waals surface area contributed by atoms with Crippen LogP contribution in [0, 0.1) is 11.3 Å². The maximum absolute atomic E-state index is 11.4. The number of carbonyl (C=O) groups is 1. The van der Waals surface area contributed by atoms with Gasteiger partial charge in [-0.3, -0.25) is 9.69 Å². The summed E-state index contributed by atoms with van der Waals surface area (Å²) in [6, 6.07) is 9.24. The molecule has 1 saturated heterocycles. The SMILES string of the molecule is CC(=O)N1CCN([C@H](C)/C(O)=C(\C#N)c2nc3ccccc3[nH]2)CC1. The number of aliphatic hydroxyl groups is 1. The summed E-state index contributed by atoms with van der Waals surface area (Å²) >= 11 is 0. The van der Waals surface area contributed by atoms with Crippen LogP contribution in [0.2, 0.25) is 0 Å². The molecule has 1 atom stereocenters. The van der Waals surface area contributed by atoms with Crippen LogP contribution in [0.3, 0.4) is 0 Å². The van der Waals surface area contributed by atoms with Crippen molar-refractivity contribution in [3.63, 3.8) is 0 Å². The first-order valence-electron chi connectivity index (χ1n) is 8.29. The van der Waals surface area contributed by atoms with Gasteiger partial charge in [0, 0.05) is 33.1 Å². The third-order valence-electron chi connectivity index (χ3n) is 4.70. The van der Waals surface area contributed by atoms with Gasteiger partial charge in [-0.25, -0.2) is 4.98 Å². The highest BCUT2D eigenvalue weighted by Crippen LogP contribution is 2.22. The Morgan fingerprint density at radius 3 is 2.60 bits per heavy atom. The number of benzene rings is 1. The number of carbonyl (C=O) groups excluding carboxylic acids is 1. The molecule has 7 heteroatoms. The lowest BCUT2D eigenvalue weighted by molar-refractivity contribution is -0.130. The molecule has 2 N–H and O–H groups in total. The minimum Gasteiger partial charge on any atom is -0.509 e. The monoisotopic (exact) mass is 339 g/mol. The lowest BCUT2D eigenvalue weighted by atomic mass is 10.1. The fourth-order valence-corrected chi connectivity index (χ4v) is 3.11. The van der Waals surface area contributed by atoms with Crippen molar-refractivity contribution in [2.75, 3.05) is 26.2 Å². The Balaban J connectivity index is 1.84. The van der Waals surface area contributed by atoms with Crippen molar-refractivity contribution in [1.29, 1.82) is 5.26 Å². The molecule has 1 aliphatic rings. The molecule has 1 aliphatic heterocycles. The Morgan fingerprint density at radius 1 is 1.32 bits per heavy atom. The zero-order chi connectivity index (χ0) is 18.0. The normalized spacial score (nSPS) is 17.9. The topological polar surface area (TPSA) is 96.2 Å². The van der Waals surface area contributed by atoms with Crippen molar-refractivity contribution >= 4 is 22.5 Å². The minimum atomic E-state index is -0.322. The van der Waals surface area contributed by atoms with Gasteiger partial charge in [-0.05, 0) is 19.1 Å². The molecule has 25 heavy (non-hydrogen) atoms. The van der Waals surface area contributed by atoms with E-state index in [2.05, 4.69) is 20.9 Å². The Labute approximate surface area is 146 Å². The van der Waals surface area contributed by atoms with Crippen LogP contribution in [0.25, 0.3) is 16.6 Å². The van der Waals surface area contributed by atoms with Crippen LogP contribution < -0.4 is 0 Å². The summed E-state index contributed by atoms with van der Waals surface area (Å²) in [5.41, 5.74) is 1.72. The molecular formula is C18H21N5O2. The number of fused-ring (bicyclic) bond motifs is 1. The summed E-state index contributed by atoms with van der Waals surface area (Å²) in [4.78, 5) is 22.8. The average molecular weight is 339 g/mol. The second-order valence-electron chi connectivity index (χ2n) is 6.19. The number of allylic oxidation sites excluding steroid dienone is 1. The number of nitrogens with one attached hydrogen (secondary N) is 1. The first kappa shape index (κ1) is 17.0. The van der Waals surface area contributed by atoms with Crippen molar-refractivity contribution in [3.8, 4) is 6.07 Å². The van der Waals surface area contributed by atoms with Gasteiger partial charge in [0.2, 0.25) is 5.91 Å². The number of H-pyrrole nitrogens is 1. The van der Waals surface area contributed by atoms with Gasteiger partial charge in [0.25, 0.3) is 0 Å². The highest BCUT2D eigenvalue weighted by Gasteiger charge is 2.27. The smallest absolute Gasteiger partial charge is 0.219 e. The predicted molar refractivity (Wildman–Crippen MR) is 94.5 cm³/mol. The number of aromatic nitrogens is 2. The molecular weight excluding hydrogens is 318 g/mol. The van der Waals surface area contributed by atoms with E-state index in [0.717, 1.165) is 11.0 Å². The van der Waals surface area contributed by atoms with Gasteiger partial charge in [0.15, 0.2) is 5.82 Å². The molecule has 1 aromatic heterocycles. The standard InChI is InChI=1S/C18H21N5O2/c1-12(22-7-9-23(10-8-22)13(2)24)17(25)14(11-19)18-20-15-5-3-4-6-16(15)21-18/h3-6,12,25H,7-10H2,1-2H3,(H,20,21)/b17-14-/t12-/m1/s1. The maximum atomic E-state index is 11.4. The molecule has 0 unspecified atom stereocenters. The van der Waals surface area contributed by atoms with Crippen LogP contribution in [0.15, 0.2) is 30.0 Å². The van der Waals surface area contributed by atoms with Crippen molar-refractivity contribution in [2.24, 2.45) is 0 Å². The van der Waals surface area contributed by atoms with E-state index < -0.39 is 0 Å². The van der Waals surface area contributed by atoms with Crippen molar-refractivity contribution in [1.82, 2.24) is 19.8 Å². The fraction of sp³-hybridized carbons (Fsp3) is 0.389. The molecule has 3 rings (SSSR count). The minimum absolute atomic E-state index is 0.00201. The number of piperazine rings is 1. The molecule has 0 saturated carbocycles. The number of aliphatic hydroxyl groups excluding tert-OH is 1. The number of imidazole rings is 1. The summed E-state index contributed by atoms with van der Waals surface area (Å²) < 4.78 is 0. The Morgan fingerprint density at radius 2 is 2.00 bits per heavy atom. The summed E-state index contributed by atoms with van der Waals surface area (Å²) in [7, 11) is 0. The Hall–Kier alpha value is -2.85. The molecule has 130 valence electrons. The van der Waals surface area contributed by atoms with Gasteiger partial charge >= 0.3 is 0 Å². The van der Waals surface area contributed by atoms with Gasteiger partial charge < -0.3 is 15.0 Å². The van der Waals surface area contributed by atoms with Crippen LogP contribution in [-0.4, -0.2) is 63.0 Å².